The van der Waals surface area contributed by atoms with E-state index in [1.165, 1.54) is 11.8 Å². The van der Waals surface area contributed by atoms with E-state index >= 15 is 0 Å². The molecule has 0 amide bonds. The lowest BCUT2D eigenvalue weighted by molar-refractivity contribution is -0.112. The van der Waals surface area contributed by atoms with Crippen molar-refractivity contribution < 1.29 is 9.53 Å². The smallest absolute Gasteiger partial charge is 0.225 e. The van der Waals surface area contributed by atoms with Crippen molar-refractivity contribution in [2.75, 3.05) is 0 Å². The zero-order valence-corrected chi connectivity index (χ0v) is 10.5. The van der Waals surface area contributed by atoms with Crippen LogP contribution in [0, 0.1) is 0 Å². The summed E-state index contributed by atoms with van der Waals surface area (Å²) in [6, 6.07) is 19.5. The number of hydrogen-bond acceptors (Lipinski definition) is 3. The molecule has 0 radical (unpaired) electrons. The molecule has 2 nitrogen and oxygen atoms in total. The SMILES string of the molecule is O=C(Sc1ccccc1)[C@H]1O[C@@H]1c1ccccc1. The zero-order valence-electron chi connectivity index (χ0n) is 9.65. The van der Waals surface area contributed by atoms with Gasteiger partial charge in [-0.2, -0.15) is 0 Å². The van der Waals surface area contributed by atoms with Gasteiger partial charge in [-0.15, -0.1) is 0 Å². The van der Waals surface area contributed by atoms with Gasteiger partial charge in [-0.05, 0) is 29.5 Å². The molecule has 0 unspecified atom stereocenters. The number of rotatable bonds is 3. The summed E-state index contributed by atoms with van der Waals surface area (Å²) < 4.78 is 5.47. The fraction of sp³-hybridized carbons (Fsp3) is 0.133. The molecular formula is C15H12O2S. The third kappa shape index (κ3) is 2.47. The highest BCUT2D eigenvalue weighted by atomic mass is 32.2. The Morgan fingerprint density at radius 3 is 2.22 bits per heavy atom. The molecule has 1 aliphatic rings. The van der Waals surface area contributed by atoms with E-state index in [9.17, 15) is 4.79 Å². The summed E-state index contributed by atoms with van der Waals surface area (Å²) in [4.78, 5) is 13.0. The molecule has 2 atom stereocenters. The third-order valence-electron chi connectivity index (χ3n) is 2.81. The van der Waals surface area contributed by atoms with Crippen molar-refractivity contribution in [1.82, 2.24) is 0 Å². The van der Waals surface area contributed by atoms with Crippen molar-refractivity contribution in [3.05, 3.63) is 66.2 Å². The van der Waals surface area contributed by atoms with Gasteiger partial charge in [0.1, 0.15) is 6.10 Å². The molecule has 1 heterocycles. The minimum atomic E-state index is -0.294. The van der Waals surface area contributed by atoms with Crippen LogP contribution in [0.3, 0.4) is 0 Å². The second-order valence-corrected chi connectivity index (χ2v) is 5.20. The van der Waals surface area contributed by atoms with E-state index < -0.39 is 0 Å². The predicted molar refractivity (Wildman–Crippen MR) is 71.4 cm³/mol. The maximum atomic E-state index is 12.0. The van der Waals surface area contributed by atoms with E-state index in [0.29, 0.717) is 0 Å². The van der Waals surface area contributed by atoms with Gasteiger partial charge in [0.15, 0.2) is 6.10 Å². The maximum absolute atomic E-state index is 12.0. The number of epoxide rings is 1. The second-order valence-electron chi connectivity index (χ2n) is 4.12. The summed E-state index contributed by atoms with van der Waals surface area (Å²) in [5.41, 5.74) is 1.07. The standard InChI is InChI=1S/C15H12O2S/c16-15(18-12-9-5-2-6-10-12)14-13(17-14)11-7-3-1-4-8-11/h1-10,13-14H/t13-,14+/m1/s1. The van der Waals surface area contributed by atoms with Gasteiger partial charge < -0.3 is 4.74 Å². The molecule has 3 rings (SSSR count). The Balaban J connectivity index is 1.63. The largest absolute Gasteiger partial charge is 0.355 e. The number of carbonyl (C=O) groups is 1. The van der Waals surface area contributed by atoms with Crippen molar-refractivity contribution in [2.24, 2.45) is 0 Å². The number of ether oxygens (including phenoxy) is 1. The van der Waals surface area contributed by atoms with Gasteiger partial charge in [-0.1, -0.05) is 48.5 Å². The molecule has 18 heavy (non-hydrogen) atoms. The Bertz CT molecular complexity index is 539. The first-order chi connectivity index (χ1) is 8.84. The van der Waals surface area contributed by atoms with Gasteiger partial charge >= 0.3 is 0 Å². The molecule has 0 bridgehead atoms. The molecule has 1 fully saturated rings. The number of benzene rings is 2. The molecular weight excluding hydrogens is 244 g/mol. The predicted octanol–water partition coefficient (Wildman–Crippen LogP) is 3.45. The van der Waals surface area contributed by atoms with E-state index in [0.717, 1.165) is 10.5 Å². The van der Waals surface area contributed by atoms with E-state index in [2.05, 4.69) is 0 Å². The molecule has 2 aromatic rings. The Hall–Kier alpha value is -1.58. The molecule has 0 aromatic heterocycles. The van der Waals surface area contributed by atoms with Crippen LogP contribution >= 0.6 is 11.8 Å². The van der Waals surface area contributed by atoms with Crippen molar-refractivity contribution >= 4 is 16.9 Å². The Morgan fingerprint density at radius 1 is 0.944 bits per heavy atom. The first-order valence-electron chi connectivity index (χ1n) is 5.82. The van der Waals surface area contributed by atoms with Crippen LogP contribution in [0.2, 0.25) is 0 Å². The van der Waals surface area contributed by atoms with Crippen LogP contribution < -0.4 is 0 Å². The van der Waals surface area contributed by atoms with Gasteiger partial charge in [0.05, 0.1) is 0 Å². The average molecular weight is 256 g/mol. The summed E-state index contributed by atoms with van der Waals surface area (Å²) in [5.74, 6) is 0. The van der Waals surface area contributed by atoms with Crippen molar-refractivity contribution in [3.63, 3.8) is 0 Å². The van der Waals surface area contributed by atoms with E-state index in [1.807, 2.05) is 60.7 Å². The highest BCUT2D eigenvalue weighted by Crippen LogP contribution is 2.42. The van der Waals surface area contributed by atoms with E-state index in [1.54, 1.807) is 0 Å². The van der Waals surface area contributed by atoms with Crippen LogP contribution in [0.5, 0.6) is 0 Å². The number of carbonyl (C=O) groups excluding carboxylic acids is 1. The molecule has 90 valence electrons. The topological polar surface area (TPSA) is 29.6 Å². The summed E-state index contributed by atoms with van der Waals surface area (Å²) in [6.07, 6.45) is -0.354. The Morgan fingerprint density at radius 2 is 1.56 bits per heavy atom. The first kappa shape index (κ1) is 11.5. The summed E-state index contributed by atoms with van der Waals surface area (Å²) in [7, 11) is 0. The van der Waals surface area contributed by atoms with Crippen LogP contribution in [-0.4, -0.2) is 11.2 Å². The fourth-order valence-corrected chi connectivity index (χ4v) is 2.67. The second kappa shape index (κ2) is 4.96. The summed E-state index contributed by atoms with van der Waals surface area (Å²) >= 11 is 1.25. The van der Waals surface area contributed by atoms with Crippen LogP contribution in [0.4, 0.5) is 0 Å². The normalized spacial score (nSPS) is 21.6. The Labute approximate surface area is 110 Å². The highest BCUT2D eigenvalue weighted by molar-refractivity contribution is 8.13. The Kier molecular flexibility index (Phi) is 3.17. The van der Waals surface area contributed by atoms with Crippen molar-refractivity contribution in [2.45, 2.75) is 17.1 Å². The average Bonchev–Trinajstić information content (AvgIpc) is 3.21. The molecule has 0 N–H and O–H groups in total. The number of hydrogen-bond donors (Lipinski definition) is 0. The van der Waals surface area contributed by atoms with Crippen molar-refractivity contribution in [1.29, 1.82) is 0 Å². The minimum absolute atomic E-state index is 0.0603. The van der Waals surface area contributed by atoms with Crippen LogP contribution in [-0.2, 0) is 9.53 Å². The lowest BCUT2D eigenvalue weighted by atomic mass is 10.1. The van der Waals surface area contributed by atoms with E-state index in [4.69, 9.17) is 4.74 Å². The van der Waals surface area contributed by atoms with Crippen molar-refractivity contribution in [3.8, 4) is 0 Å². The van der Waals surface area contributed by atoms with Gasteiger partial charge in [-0.25, -0.2) is 0 Å². The van der Waals surface area contributed by atoms with Crippen LogP contribution in [0.25, 0.3) is 0 Å². The quantitative estimate of drug-likeness (QED) is 0.622. The molecule has 3 heteroatoms. The van der Waals surface area contributed by atoms with Crippen LogP contribution in [0.15, 0.2) is 65.6 Å². The van der Waals surface area contributed by atoms with Gasteiger partial charge in [0, 0.05) is 4.90 Å². The third-order valence-corrected chi connectivity index (χ3v) is 3.76. The zero-order chi connectivity index (χ0) is 12.4. The van der Waals surface area contributed by atoms with E-state index in [-0.39, 0.29) is 17.3 Å². The lowest BCUT2D eigenvalue weighted by Crippen LogP contribution is -2.02. The summed E-state index contributed by atoms with van der Waals surface area (Å²) in [5, 5.41) is 0.0788. The first-order valence-corrected chi connectivity index (χ1v) is 6.63. The maximum Gasteiger partial charge on any atom is 0.225 e. The fourth-order valence-electron chi connectivity index (χ4n) is 1.85. The molecule has 2 aromatic carbocycles. The minimum Gasteiger partial charge on any atom is -0.355 e. The number of thioether (sulfide) groups is 1. The monoisotopic (exact) mass is 256 g/mol. The molecule has 0 spiro atoms. The molecule has 0 saturated carbocycles. The van der Waals surface area contributed by atoms with Crippen LogP contribution in [0.1, 0.15) is 11.7 Å². The highest BCUT2D eigenvalue weighted by Gasteiger charge is 2.46. The van der Waals surface area contributed by atoms with Gasteiger partial charge in [-0.3, -0.25) is 4.79 Å². The summed E-state index contributed by atoms with van der Waals surface area (Å²) in [6.45, 7) is 0. The lowest BCUT2D eigenvalue weighted by Gasteiger charge is -1.97. The van der Waals surface area contributed by atoms with Gasteiger partial charge in [0.25, 0.3) is 0 Å². The van der Waals surface area contributed by atoms with Gasteiger partial charge in [0.2, 0.25) is 5.12 Å². The molecule has 0 aliphatic carbocycles. The molecule has 1 aliphatic heterocycles. The molecule has 1 saturated heterocycles.